The average molecular weight is 474 g/mol. The lowest BCUT2D eigenvalue weighted by atomic mass is 9.82. The number of halogens is 3. The van der Waals surface area contributed by atoms with Crippen LogP contribution in [0.3, 0.4) is 0 Å². The van der Waals surface area contributed by atoms with E-state index < -0.39 is 15.8 Å². The second-order valence-electron chi connectivity index (χ2n) is 7.27. The molecule has 0 radical (unpaired) electrons. The maximum Gasteiger partial charge on any atom is 0.241 e. The van der Waals surface area contributed by atoms with E-state index >= 15 is 0 Å². The molecule has 3 rings (SSSR count). The molecule has 30 heavy (non-hydrogen) atoms. The minimum absolute atomic E-state index is 0.0327. The van der Waals surface area contributed by atoms with E-state index in [1.54, 1.807) is 18.2 Å². The molecule has 0 spiro atoms. The van der Waals surface area contributed by atoms with Gasteiger partial charge >= 0.3 is 0 Å². The van der Waals surface area contributed by atoms with Crippen LogP contribution in [0.4, 0.5) is 10.1 Å². The Morgan fingerprint density at radius 3 is 2.30 bits per heavy atom. The molecule has 0 saturated heterocycles. The van der Waals surface area contributed by atoms with Crippen molar-refractivity contribution in [2.45, 2.75) is 30.6 Å². The molecule has 0 aromatic heterocycles. The third kappa shape index (κ3) is 6.07. The first-order valence-electron chi connectivity index (χ1n) is 9.51. The van der Waals surface area contributed by atoms with E-state index in [4.69, 9.17) is 23.2 Å². The zero-order valence-electron chi connectivity index (χ0n) is 16.0. The Kier molecular flexibility index (Phi) is 7.57. The van der Waals surface area contributed by atoms with Crippen molar-refractivity contribution in [3.8, 4) is 0 Å². The summed E-state index contributed by atoms with van der Waals surface area (Å²) >= 11 is 11.8. The zero-order chi connectivity index (χ0) is 21.7. The van der Waals surface area contributed by atoms with E-state index in [-0.39, 0.29) is 29.2 Å². The zero-order valence-corrected chi connectivity index (χ0v) is 18.3. The molecule has 2 aromatic carbocycles. The average Bonchev–Trinajstić information content (AvgIpc) is 2.73. The first-order chi connectivity index (χ1) is 14.2. The van der Waals surface area contributed by atoms with Crippen molar-refractivity contribution < 1.29 is 17.6 Å². The summed E-state index contributed by atoms with van der Waals surface area (Å²) in [7, 11) is -3.68. The number of sulfonamides is 1. The van der Waals surface area contributed by atoms with Gasteiger partial charge in [-0.25, -0.2) is 17.5 Å². The Labute approximate surface area is 185 Å². The van der Waals surface area contributed by atoms with Gasteiger partial charge in [-0.3, -0.25) is 15.6 Å². The maximum absolute atomic E-state index is 13.0. The fourth-order valence-electron chi connectivity index (χ4n) is 3.36. The molecule has 0 atom stereocenters. The number of hydrazine groups is 1. The van der Waals surface area contributed by atoms with Crippen LogP contribution in [0.25, 0.3) is 0 Å². The highest BCUT2D eigenvalue weighted by molar-refractivity contribution is 7.89. The van der Waals surface area contributed by atoms with Gasteiger partial charge in [-0.15, -0.1) is 0 Å². The summed E-state index contributed by atoms with van der Waals surface area (Å²) < 4.78 is 40.2. The van der Waals surface area contributed by atoms with Crippen LogP contribution in [0.15, 0.2) is 47.4 Å². The van der Waals surface area contributed by atoms with Crippen molar-refractivity contribution in [2.75, 3.05) is 12.0 Å². The quantitative estimate of drug-likeness (QED) is 0.521. The molecule has 1 fully saturated rings. The van der Waals surface area contributed by atoms with Crippen LogP contribution in [0, 0.1) is 17.7 Å². The lowest BCUT2D eigenvalue weighted by molar-refractivity contribution is -0.125. The molecule has 2 aromatic rings. The number of nitrogens with one attached hydrogen (secondary N) is 3. The highest BCUT2D eigenvalue weighted by Crippen LogP contribution is 2.29. The van der Waals surface area contributed by atoms with E-state index in [0.717, 1.165) is 25.0 Å². The van der Waals surface area contributed by atoms with Crippen LogP contribution < -0.4 is 15.6 Å². The fraction of sp³-hybridized carbons (Fsp3) is 0.350. The molecule has 3 N–H and O–H groups in total. The van der Waals surface area contributed by atoms with Gasteiger partial charge < -0.3 is 0 Å². The van der Waals surface area contributed by atoms with E-state index in [1.165, 1.54) is 12.1 Å². The van der Waals surface area contributed by atoms with Crippen LogP contribution in [0.2, 0.25) is 10.0 Å². The van der Waals surface area contributed by atoms with E-state index in [1.807, 2.05) is 0 Å². The van der Waals surface area contributed by atoms with Gasteiger partial charge in [-0.05, 0) is 74.1 Å². The monoisotopic (exact) mass is 473 g/mol. The van der Waals surface area contributed by atoms with Crippen molar-refractivity contribution in [3.63, 3.8) is 0 Å². The topological polar surface area (TPSA) is 87.3 Å². The Bertz CT molecular complexity index is 995. The summed E-state index contributed by atoms with van der Waals surface area (Å²) in [6.45, 7) is 0.287. The van der Waals surface area contributed by atoms with E-state index in [9.17, 15) is 17.6 Å². The molecular weight excluding hydrogens is 452 g/mol. The molecule has 10 heteroatoms. The van der Waals surface area contributed by atoms with Crippen LogP contribution in [-0.4, -0.2) is 20.9 Å². The largest absolute Gasteiger partial charge is 0.299 e. The summed E-state index contributed by atoms with van der Waals surface area (Å²) in [5.41, 5.74) is 6.13. The SMILES string of the molecule is O=C(NNc1ccc(Cl)c(Cl)c1)C1CCC(CNS(=O)(=O)c2ccc(F)cc2)CC1. The van der Waals surface area contributed by atoms with Gasteiger partial charge in [-0.1, -0.05) is 23.2 Å². The van der Waals surface area contributed by atoms with Crippen LogP contribution in [0.5, 0.6) is 0 Å². The summed E-state index contributed by atoms with van der Waals surface area (Å²) in [5.74, 6) is -0.608. The predicted octanol–water partition coefficient (Wildman–Crippen LogP) is 4.36. The summed E-state index contributed by atoms with van der Waals surface area (Å²) in [5, 5.41) is 0.821. The van der Waals surface area contributed by atoms with E-state index in [0.29, 0.717) is 28.6 Å². The van der Waals surface area contributed by atoms with Crippen molar-refractivity contribution >= 4 is 44.8 Å². The van der Waals surface area contributed by atoms with Gasteiger partial charge in [0.25, 0.3) is 0 Å². The molecule has 0 aliphatic heterocycles. The second-order valence-corrected chi connectivity index (χ2v) is 9.85. The molecule has 1 aliphatic carbocycles. The molecular formula is C20H22Cl2FN3O3S. The van der Waals surface area contributed by atoms with Crippen molar-refractivity contribution in [3.05, 3.63) is 58.3 Å². The summed E-state index contributed by atoms with van der Waals surface area (Å²) in [6, 6.07) is 9.66. The Morgan fingerprint density at radius 1 is 1.00 bits per heavy atom. The highest BCUT2D eigenvalue weighted by atomic mass is 35.5. The molecule has 6 nitrogen and oxygen atoms in total. The molecule has 1 amide bonds. The van der Waals surface area contributed by atoms with Gasteiger partial charge in [-0.2, -0.15) is 0 Å². The van der Waals surface area contributed by atoms with Gasteiger partial charge in [0.15, 0.2) is 0 Å². The number of hydrogen-bond acceptors (Lipinski definition) is 4. The Balaban J connectivity index is 1.43. The van der Waals surface area contributed by atoms with Crippen molar-refractivity contribution in [2.24, 2.45) is 11.8 Å². The number of rotatable bonds is 7. The first kappa shape index (κ1) is 22.8. The lowest BCUT2D eigenvalue weighted by Crippen LogP contribution is -2.38. The van der Waals surface area contributed by atoms with E-state index in [2.05, 4.69) is 15.6 Å². The Morgan fingerprint density at radius 2 is 1.67 bits per heavy atom. The summed E-state index contributed by atoms with van der Waals surface area (Å²) in [6.07, 6.45) is 2.79. The first-order valence-corrected chi connectivity index (χ1v) is 11.7. The van der Waals surface area contributed by atoms with Crippen LogP contribution in [0.1, 0.15) is 25.7 Å². The van der Waals surface area contributed by atoms with Gasteiger partial charge in [0, 0.05) is 12.5 Å². The standard InChI is InChI=1S/C20H22Cl2FN3O3S/c21-18-10-7-16(11-19(18)22)25-26-20(27)14-3-1-13(2-4-14)12-24-30(28,29)17-8-5-15(23)6-9-17/h5-11,13-14,24-25H,1-4,12H2,(H,26,27). The number of carbonyl (C=O) groups is 1. The maximum atomic E-state index is 13.0. The number of amides is 1. The Hall–Kier alpha value is -1.87. The van der Waals surface area contributed by atoms with Gasteiger partial charge in [0.05, 0.1) is 20.6 Å². The smallest absolute Gasteiger partial charge is 0.241 e. The van der Waals surface area contributed by atoms with Gasteiger partial charge in [0.1, 0.15) is 5.82 Å². The normalized spacial score (nSPS) is 19.3. The predicted molar refractivity (Wildman–Crippen MR) is 115 cm³/mol. The molecule has 0 bridgehead atoms. The molecule has 162 valence electrons. The number of benzene rings is 2. The van der Waals surface area contributed by atoms with Gasteiger partial charge in [0.2, 0.25) is 15.9 Å². The molecule has 1 aliphatic rings. The molecule has 1 saturated carbocycles. The highest BCUT2D eigenvalue weighted by Gasteiger charge is 2.27. The third-order valence-electron chi connectivity index (χ3n) is 5.15. The van der Waals surface area contributed by atoms with Crippen LogP contribution in [-0.2, 0) is 14.8 Å². The number of carbonyl (C=O) groups excluding carboxylic acids is 1. The number of hydrogen-bond donors (Lipinski definition) is 3. The fourth-order valence-corrected chi connectivity index (χ4v) is 4.78. The lowest BCUT2D eigenvalue weighted by Gasteiger charge is -2.28. The summed E-state index contributed by atoms with van der Waals surface area (Å²) in [4.78, 5) is 12.4. The second kappa shape index (κ2) is 9.96. The van der Waals surface area contributed by atoms with Crippen molar-refractivity contribution in [1.82, 2.24) is 10.1 Å². The minimum atomic E-state index is -3.68. The third-order valence-corrected chi connectivity index (χ3v) is 7.33. The number of anilines is 1. The molecule has 0 unspecified atom stereocenters. The molecule has 0 heterocycles. The van der Waals surface area contributed by atoms with Crippen LogP contribution >= 0.6 is 23.2 Å². The van der Waals surface area contributed by atoms with Crippen molar-refractivity contribution in [1.29, 1.82) is 0 Å². The minimum Gasteiger partial charge on any atom is -0.299 e.